The number of benzene rings is 2. The van der Waals surface area contributed by atoms with Crippen molar-refractivity contribution < 1.29 is 9.53 Å². The van der Waals surface area contributed by atoms with Gasteiger partial charge >= 0.3 is 6.03 Å². The summed E-state index contributed by atoms with van der Waals surface area (Å²) in [4.78, 5) is 16.5. The number of carbonyl (C=O) groups excluding carboxylic acids is 1. The lowest BCUT2D eigenvalue weighted by Crippen LogP contribution is -2.32. The number of ether oxygens (including phenoxy) is 1. The first kappa shape index (κ1) is 14.5. The standard InChI is InChI=1S/C17H16N2O2S/c1-2-21-15-10-8-14(9-11-15)19-16(22)12-18(17(19)20)13-6-4-3-5-7-13/h3-11H,2,12H2,1H3. The number of anilines is 2. The van der Waals surface area contributed by atoms with Crippen LogP contribution in [-0.2, 0) is 0 Å². The van der Waals surface area contributed by atoms with Crippen LogP contribution in [0.15, 0.2) is 54.6 Å². The van der Waals surface area contributed by atoms with Crippen LogP contribution in [0.3, 0.4) is 0 Å². The molecule has 5 heteroatoms. The summed E-state index contributed by atoms with van der Waals surface area (Å²) >= 11 is 5.39. The summed E-state index contributed by atoms with van der Waals surface area (Å²) < 4.78 is 5.42. The van der Waals surface area contributed by atoms with E-state index >= 15 is 0 Å². The molecule has 0 saturated carbocycles. The highest BCUT2D eigenvalue weighted by molar-refractivity contribution is 7.80. The van der Waals surface area contributed by atoms with Gasteiger partial charge in [0.25, 0.3) is 0 Å². The summed E-state index contributed by atoms with van der Waals surface area (Å²) in [7, 11) is 0. The number of para-hydroxylation sites is 1. The summed E-state index contributed by atoms with van der Waals surface area (Å²) in [6, 6.07) is 16.8. The third-order valence-corrected chi connectivity index (χ3v) is 3.75. The van der Waals surface area contributed by atoms with E-state index in [0.29, 0.717) is 18.1 Å². The quantitative estimate of drug-likeness (QED) is 0.804. The molecule has 2 amide bonds. The van der Waals surface area contributed by atoms with E-state index in [1.54, 1.807) is 9.80 Å². The zero-order valence-corrected chi connectivity index (χ0v) is 13.0. The average Bonchev–Trinajstić information content (AvgIpc) is 2.84. The van der Waals surface area contributed by atoms with Gasteiger partial charge < -0.3 is 4.74 Å². The Morgan fingerprint density at radius 3 is 2.36 bits per heavy atom. The number of hydrogen-bond acceptors (Lipinski definition) is 3. The largest absolute Gasteiger partial charge is 0.494 e. The van der Waals surface area contributed by atoms with Crippen LogP contribution in [-0.4, -0.2) is 24.2 Å². The maximum atomic E-state index is 12.7. The summed E-state index contributed by atoms with van der Waals surface area (Å²) in [5, 5.41) is 0. The van der Waals surface area contributed by atoms with Gasteiger partial charge in [-0.2, -0.15) is 0 Å². The molecule has 1 aliphatic heterocycles. The van der Waals surface area contributed by atoms with Crippen LogP contribution in [0.25, 0.3) is 0 Å². The SMILES string of the molecule is CCOc1ccc(N2C(=O)N(c3ccccc3)CC2=S)cc1. The van der Waals surface area contributed by atoms with Crippen LogP contribution in [0.4, 0.5) is 16.2 Å². The molecule has 1 fully saturated rings. The summed E-state index contributed by atoms with van der Waals surface area (Å²) in [5.41, 5.74) is 1.61. The second-order valence-electron chi connectivity index (χ2n) is 4.86. The molecule has 0 aliphatic carbocycles. The third kappa shape index (κ3) is 2.67. The van der Waals surface area contributed by atoms with Gasteiger partial charge in [-0.05, 0) is 43.3 Å². The molecule has 1 aliphatic rings. The van der Waals surface area contributed by atoms with Crippen LogP contribution in [0.1, 0.15) is 6.92 Å². The van der Waals surface area contributed by atoms with Gasteiger partial charge in [-0.15, -0.1) is 0 Å². The van der Waals surface area contributed by atoms with E-state index in [2.05, 4.69) is 0 Å². The second kappa shape index (κ2) is 6.15. The highest BCUT2D eigenvalue weighted by Crippen LogP contribution is 2.27. The Balaban J connectivity index is 1.85. The molecule has 1 heterocycles. The Morgan fingerprint density at radius 2 is 1.73 bits per heavy atom. The van der Waals surface area contributed by atoms with Crippen LogP contribution in [0.2, 0.25) is 0 Å². The minimum Gasteiger partial charge on any atom is -0.494 e. The molecule has 112 valence electrons. The van der Waals surface area contributed by atoms with E-state index in [9.17, 15) is 4.79 Å². The van der Waals surface area contributed by atoms with Gasteiger partial charge in [-0.25, -0.2) is 4.79 Å². The van der Waals surface area contributed by atoms with Crippen molar-refractivity contribution >= 4 is 34.6 Å². The molecular formula is C17H16N2O2S. The molecule has 3 rings (SSSR count). The van der Waals surface area contributed by atoms with Crippen molar-refractivity contribution in [3.63, 3.8) is 0 Å². The zero-order valence-electron chi connectivity index (χ0n) is 12.2. The molecule has 0 atom stereocenters. The fourth-order valence-corrected chi connectivity index (χ4v) is 2.74. The Labute approximate surface area is 134 Å². The smallest absolute Gasteiger partial charge is 0.334 e. The van der Waals surface area contributed by atoms with Gasteiger partial charge in [-0.1, -0.05) is 30.4 Å². The summed E-state index contributed by atoms with van der Waals surface area (Å²) in [6.45, 7) is 2.97. The van der Waals surface area contributed by atoms with Gasteiger partial charge in [0.15, 0.2) is 0 Å². The number of amides is 2. The van der Waals surface area contributed by atoms with Gasteiger partial charge in [0.2, 0.25) is 0 Å². The average molecular weight is 312 g/mol. The zero-order chi connectivity index (χ0) is 15.5. The molecule has 4 nitrogen and oxygen atoms in total. The fraction of sp³-hybridized carbons (Fsp3) is 0.176. The first-order valence-electron chi connectivity index (χ1n) is 7.13. The van der Waals surface area contributed by atoms with E-state index in [4.69, 9.17) is 17.0 Å². The Bertz CT molecular complexity index is 686. The van der Waals surface area contributed by atoms with Crippen molar-refractivity contribution in [2.24, 2.45) is 0 Å². The Hall–Kier alpha value is -2.40. The number of urea groups is 1. The molecular weight excluding hydrogens is 296 g/mol. The lowest BCUT2D eigenvalue weighted by Gasteiger charge is -2.18. The van der Waals surface area contributed by atoms with Crippen LogP contribution < -0.4 is 14.5 Å². The van der Waals surface area contributed by atoms with Gasteiger partial charge in [0, 0.05) is 5.69 Å². The van der Waals surface area contributed by atoms with Crippen LogP contribution in [0, 0.1) is 0 Å². The Kier molecular flexibility index (Phi) is 4.06. The van der Waals surface area contributed by atoms with Crippen molar-refractivity contribution in [3.8, 4) is 5.75 Å². The predicted molar refractivity (Wildman–Crippen MR) is 91.9 cm³/mol. The van der Waals surface area contributed by atoms with Gasteiger partial charge in [-0.3, -0.25) is 9.80 Å². The highest BCUT2D eigenvalue weighted by Gasteiger charge is 2.35. The monoisotopic (exact) mass is 312 g/mol. The fourth-order valence-electron chi connectivity index (χ4n) is 2.42. The molecule has 0 spiro atoms. The van der Waals surface area contributed by atoms with E-state index < -0.39 is 0 Å². The minimum atomic E-state index is -0.125. The highest BCUT2D eigenvalue weighted by atomic mass is 32.1. The molecule has 0 bridgehead atoms. The van der Waals surface area contributed by atoms with E-state index in [-0.39, 0.29) is 6.03 Å². The maximum Gasteiger partial charge on any atom is 0.334 e. The number of carbonyl (C=O) groups is 1. The summed E-state index contributed by atoms with van der Waals surface area (Å²) in [5.74, 6) is 0.781. The van der Waals surface area contributed by atoms with Crippen LogP contribution in [0.5, 0.6) is 5.75 Å². The molecule has 0 radical (unpaired) electrons. The molecule has 1 saturated heterocycles. The van der Waals surface area contributed by atoms with Crippen molar-refractivity contribution in [1.82, 2.24) is 0 Å². The normalized spacial score (nSPS) is 14.6. The van der Waals surface area contributed by atoms with Gasteiger partial charge in [0.05, 0.1) is 18.8 Å². The van der Waals surface area contributed by atoms with E-state index in [1.807, 2.05) is 61.5 Å². The number of nitrogens with zero attached hydrogens (tertiary/aromatic N) is 2. The van der Waals surface area contributed by atoms with E-state index in [1.165, 1.54) is 0 Å². The van der Waals surface area contributed by atoms with Crippen LogP contribution >= 0.6 is 12.2 Å². The van der Waals surface area contributed by atoms with Crippen molar-refractivity contribution in [2.75, 3.05) is 23.0 Å². The lowest BCUT2D eigenvalue weighted by atomic mass is 10.3. The molecule has 2 aromatic carbocycles. The Morgan fingerprint density at radius 1 is 1.05 bits per heavy atom. The topological polar surface area (TPSA) is 32.8 Å². The van der Waals surface area contributed by atoms with Crippen molar-refractivity contribution in [3.05, 3.63) is 54.6 Å². The second-order valence-corrected chi connectivity index (χ2v) is 5.33. The first-order valence-corrected chi connectivity index (χ1v) is 7.54. The first-order chi connectivity index (χ1) is 10.7. The maximum absolute atomic E-state index is 12.7. The predicted octanol–water partition coefficient (Wildman–Crippen LogP) is 3.86. The lowest BCUT2D eigenvalue weighted by molar-refractivity contribution is 0.256. The van der Waals surface area contributed by atoms with Crippen molar-refractivity contribution in [1.29, 1.82) is 0 Å². The number of hydrogen-bond donors (Lipinski definition) is 0. The third-order valence-electron chi connectivity index (χ3n) is 3.44. The van der Waals surface area contributed by atoms with Gasteiger partial charge in [0.1, 0.15) is 10.7 Å². The molecule has 0 N–H and O–H groups in total. The number of thiocarbonyl (C=S) groups is 1. The minimum absolute atomic E-state index is 0.125. The van der Waals surface area contributed by atoms with E-state index in [0.717, 1.165) is 17.1 Å². The van der Waals surface area contributed by atoms with Crippen molar-refractivity contribution in [2.45, 2.75) is 6.92 Å². The molecule has 0 unspecified atom stereocenters. The number of rotatable bonds is 4. The molecule has 22 heavy (non-hydrogen) atoms. The molecule has 0 aromatic heterocycles. The summed E-state index contributed by atoms with van der Waals surface area (Å²) in [6.07, 6.45) is 0. The molecule has 2 aromatic rings.